The standard InChI is InChI=1S/C17H30N2/c1-4-5-6-7-8-9-10-17(18)15-11-13-16(14-12-15)19(2)3/h11-14,17H,4-10,18H2,1-3H3. The molecule has 0 aliphatic carbocycles. The number of nitrogens with two attached hydrogens (primary N) is 1. The van der Waals surface area contributed by atoms with Crippen LogP contribution in [0.4, 0.5) is 5.69 Å². The minimum absolute atomic E-state index is 0.197. The summed E-state index contributed by atoms with van der Waals surface area (Å²) in [5, 5.41) is 0. The third kappa shape index (κ3) is 6.11. The van der Waals surface area contributed by atoms with Gasteiger partial charge in [-0.3, -0.25) is 0 Å². The first-order valence-corrected chi connectivity index (χ1v) is 7.68. The summed E-state index contributed by atoms with van der Waals surface area (Å²) in [5.41, 5.74) is 8.74. The van der Waals surface area contributed by atoms with E-state index in [0.717, 1.165) is 6.42 Å². The van der Waals surface area contributed by atoms with Crippen molar-refractivity contribution < 1.29 is 0 Å². The number of unbranched alkanes of at least 4 members (excludes halogenated alkanes) is 5. The molecule has 19 heavy (non-hydrogen) atoms. The van der Waals surface area contributed by atoms with E-state index in [1.807, 2.05) is 0 Å². The van der Waals surface area contributed by atoms with Gasteiger partial charge in [-0.1, -0.05) is 57.6 Å². The van der Waals surface area contributed by atoms with E-state index < -0.39 is 0 Å². The van der Waals surface area contributed by atoms with E-state index in [2.05, 4.69) is 50.2 Å². The van der Waals surface area contributed by atoms with Crippen LogP contribution in [0.15, 0.2) is 24.3 Å². The van der Waals surface area contributed by atoms with Gasteiger partial charge in [0.25, 0.3) is 0 Å². The van der Waals surface area contributed by atoms with Gasteiger partial charge < -0.3 is 10.6 Å². The van der Waals surface area contributed by atoms with Crippen LogP contribution in [0.25, 0.3) is 0 Å². The summed E-state index contributed by atoms with van der Waals surface area (Å²) in [5.74, 6) is 0. The molecule has 1 aromatic rings. The Kier molecular flexibility index (Phi) is 7.57. The first-order valence-electron chi connectivity index (χ1n) is 7.68. The van der Waals surface area contributed by atoms with E-state index in [4.69, 9.17) is 5.73 Å². The zero-order valence-corrected chi connectivity index (χ0v) is 12.9. The van der Waals surface area contributed by atoms with Gasteiger partial charge in [0.15, 0.2) is 0 Å². The van der Waals surface area contributed by atoms with Crippen LogP contribution in [-0.2, 0) is 0 Å². The molecule has 108 valence electrons. The van der Waals surface area contributed by atoms with Crippen LogP contribution in [0.2, 0.25) is 0 Å². The molecule has 0 amide bonds. The van der Waals surface area contributed by atoms with Gasteiger partial charge in [0.2, 0.25) is 0 Å². The van der Waals surface area contributed by atoms with Crippen LogP contribution in [0.5, 0.6) is 0 Å². The average molecular weight is 262 g/mol. The highest BCUT2D eigenvalue weighted by Gasteiger charge is 2.06. The van der Waals surface area contributed by atoms with Crippen molar-refractivity contribution in [3.05, 3.63) is 29.8 Å². The highest BCUT2D eigenvalue weighted by molar-refractivity contribution is 5.46. The van der Waals surface area contributed by atoms with E-state index in [0.29, 0.717) is 0 Å². The molecule has 0 saturated carbocycles. The third-order valence-electron chi connectivity index (χ3n) is 3.71. The van der Waals surface area contributed by atoms with Crippen LogP contribution in [0.3, 0.4) is 0 Å². The van der Waals surface area contributed by atoms with E-state index in [1.165, 1.54) is 49.8 Å². The predicted octanol–water partition coefficient (Wildman–Crippen LogP) is 4.50. The molecule has 0 aliphatic heterocycles. The molecule has 2 nitrogen and oxygen atoms in total. The second kappa shape index (κ2) is 8.98. The van der Waals surface area contributed by atoms with Crippen molar-refractivity contribution in [1.82, 2.24) is 0 Å². The van der Waals surface area contributed by atoms with Gasteiger partial charge in [-0.05, 0) is 24.1 Å². The quantitative estimate of drug-likeness (QED) is 0.664. The predicted molar refractivity (Wildman–Crippen MR) is 85.7 cm³/mol. The largest absolute Gasteiger partial charge is 0.378 e. The molecular formula is C17H30N2. The van der Waals surface area contributed by atoms with Gasteiger partial charge >= 0.3 is 0 Å². The smallest absolute Gasteiger partial charge is 0.0361 e. The van der Waals surface area contributed by atoms with Gasteiger partial charge in [-0.2, -0.15) is 0 Å². The van der Waals surface area contributed by atoms with Gasteiger partial charge in [-0.25, -0.2) is 0 Å². The molecule has 0 saturated heterocycles. The maximum absolute atomic E-state index is 6.25. The Morgan fingerprint density at radius 1 is 0.947 bits per heavy atom. The zero-order valence-electron chi connectivity index (χ0n) is 12.9. The first-order chi connectivity index (χ1) is 9.15. The molecule has 1 aromatic carbocycles. The van der Waals surface area contributed by atoms with E-state index in [1.54, 1.807) is 0 Å². The second-order valence-electron chi connectivity index (χ2n) is 5.65. The molecule has 1 rings (SSSR count). The Labute approximate surface area is 119 Å². The van der Waals surface area contributed by atoms with Gasteiger partial charge in [0.05, 0.1) is 0 Å². The molecule has 0 fully saturated rings. The minimum Gasteiger partial charge on any atom is -0.378 e. The number of hydrogen-bond donors (Lipinski definition) is 1. The maximum Gasteiger partial charge on any atom is 0.0361 e. The minimum atomic E-state index is 0.197. The summed E-state index contributed by atoms with van der Waals surface area (Å²) in [7, 11) is 4.12. The molecule has 0 aromatic heterocycles. The summed E-state index contributed by atoms with van der Waals surface area (Å²) in [6, 6.07) is 8.82. The van der Waals surface area contributed by atoms with Crippen LogP contribution in [-0.4, -0.2) is 14.1 Å². The summed E-state index contributed by atoms with van der Waals surface area (Å²) in [6.45, 7) is 2.26. The van der Waals surface area contributed by atoms with E-state index in [9.17, 15) is 0 Å². The molecule has 2 N–H and O–H groups in total. The molecule has 0 heterocycles. The number of anilines is 1. The van der Waals surface area contributed by atoms with Crippen LogP contribution in [0.1, 0.15) is 63.5 Å². The number of nitrogens with zero attached hydrogens (tertiary/aromatic N) is 1. The summed E-state index contributed by atoms with van der Waals surface area (Å²) < 4.78 is 0. The lowest BCUT2D eigenvalue weighted by Gasteiger charge is -2.15. The van der Waals surface area contributed by atoms with Crippen LogP contribution >= 0.6 is 0 Å². The van der Waals surface area contributed by atoms with Crippen LogP contribution < -0.4 is 10.6 Å². The molecule has 1 unspecified atom stereocenters. The van der Waals surface area contributed by atoms with Crippen LogP contribution in [0, 0.1) is 0 Å². The van der Waals surface area contributed by atoms with Crippen molar-refractivity contribution in [2.75, 3.05) is 19.0 Å². The van der Waals surface area contributed by atoms with Crippen molar-refractivity contribution in [1.29, 1.82) is 0 Å². The summed E-state index contributed by atoms with van der Waals surface area (Å²) in [4.78, 5) is 2.11. The average Bonchev–Trinajstić information content (AvgIpc) is 2.42. The molecule has 1 atom stereocenters. The lowest BCUT2D eigenvalue weighted by atomic mass is 10.00. The molecule has 0 bridgehead atoms. The molecule has 2 heteroatoms. The first kappa shape index (κ1) is 16.0. The summed E-state index contributed by atoms with van der Waals surface area (Å²) >= 11 is 0. The molecule has 0 spiro atoms. The Morgan fingerprint density at radius 3 is 2.11 bits per heavy atom. The second-order valence-corrected chi connectivity index (χ2v) is 5.65. The van der Waals surface area contributed by atoms with Gasteiger partial charge in [0, 0.05) is 25.8 Å². The van der Waals surface area contributed by atoms with Crippen molar-refractivity contribution in [2.24, 2.45) is 5.73 Å². The van der Waals surface area contributed by atoms with Crippen molar-refractivity contribution in [3.8, 4) is 0 Å². The maximum atomic E-state index is 6.25. The van der Waals surface area contributed by atoms with Crippen molar-refractivity contribution >= 4 is 5.69 Å². The zero-order chi connectivity index (χ0) is 14.1. The number of hydrogen-bond acceptors (Lipinski definition) is 2. The number of rotatable bonds is 9. The topological polar surface area (TPSA) is 29.3 Å². The van der Waals surface area contributed by atoms with Crippen molar-refractivity contribution in [2.45, 2.75) is 57.9 Å². The molecule has 0 radical (unpaired) electrons. The van der Waals surface area contributed by atoms with Gasteiger partial charge in [-0.15, -0.1) is 0 Å². The van der Waals surface area contributed by atoms with E-state index >= 15 is 0 Å². The highest BCUT2D eigenvalue weighted by atomic mass is 15.1. The monoisotopic (exact) mass is 262 g/mol. The fraction of sp³-hybridized carbons (Fsp3) is 0.647. The molecular weight excluding hydrogens is 232 g/mol. The summed E-state index contributed by atoms with van der Waals surface area (Å²) in [6.07, 6.45) is 9.11. The SMILES string of the molecule is CCCCCCCCC(N)c1ccc(N(C)C)cc1. The number of benzene rings is 1. The normalized spacial score (nSPS) is 12.4. The van der Waals surface area contributed by atoms with Gasteiger partial charge in [0.1, 0.15) is 0 Å². The fourth-order valence-electron chi connectivity index (χ4n) is 2.33. The Balaban J connectivity index is 2.27. The van der Waals surface area contributed by atoms with Crippen molar-refractivity contribution in [3.63, 3.8) is 0 Å². The molecule has 0 aliphatic rings. The Hall–Kier alpha value is -1.02. The van der Waals surface area contributed by atoms with E-state index in [-0.39, 0.29) is 6.04 Å². The fourth-order valence-corrected chi connectivity index (χ4v) is 2.33. The Morgan fingerprint density at radius 2 is 1.53 bits per heavy atom. The third-order valence-corrected chi connectivity index (χ3v) is 3.71. The Bertz CT molecular complexity index is 330. The highest BCUT2D eigenvalue weighted by Crippen LogP contribution is 2.20. The lowest BCUT2D eigenvalue weighted by molar-refractivity contribution is 0.547. The lowest BCUT2D eigenvalue weighted by Crippen LogP contribution is -2.12.